The van der Waals surface area contributed by atoms with E-state index in [0.29, 0.717) is 5.84 Å². The van der Waals surface area contributed by atoms with Gasteiger partial charge in [0.15, 0.2) is 0 Å². The number of hydrogen-bond acceptors (Lipinski definition) is 2. The molecule has 0 aromatic carbocycles. The molecule has 0 rings (SSSR count). The van der Waals surface area contributed by atoms with Crippen molar-refractivity contribution in [1.82, 2.24) is 0 Å². The van der Waals surface area contributed by atoms with Gasteiger partial charge in [-0.3, -0.25) is 9.98 Å². The molecule has 0 radical (unpaired) electrons. The van der Waals surface area contributed by atoms with E-state index in [0.717, 1.165) is 0 Å². The number of nitrogens with two attached hydrogens (primary N) is 1. The second kappa shape index (κ2) is 4.05. The number of aliphatic imine (C=N–C) groups is 2. The third-order valence-corrected chi connectivity index (χ3v) is 0.570. The first-order chi connectivity index (χ1) is 3.81. The Labute approximate surface area is 48.6 Å². The number of hydrogen-bond donors (Lipinski definition) is 1. The van der Waals surface area contributed by atoms with Gasteiger partial charge < -0.3 is 5.73 Å². The van der Waals surface area contributed by atoms with Crippen LogP contribution in [0.2, 0.25) is 0 Å². The van der Waals surface area contributed by atoms with Crippen molar-refractivity contribution in [2.45, 2.75) is 0 Å². The summed E-state index contributed by atoms with van der Waals surface area (Å²) >= 11 is 0. The van der Waals surface area contributed by atoms with E-state index >= 15 is 0 Å². The third kappa shape index (κ3) is 3.08. The fraction of sp³-hybridized carbons (Fsp3) is 0.200. The molecule has 3 heteroatoms. The Bertz CT molecular complexity index is 124. The van der Waals surface area contributed by atoms with Gasteiger partial charge in [0.05, 0.1) is 6.21 Å². The van der Waals surface area contributed by atoms with Gasteiger partial charge in [0, 0.05) is 13.2 Å². The van der Waals surface area contributed by atoms with Crippen molar-refractivity contribution in [1.29, 1.82) is 0 Å². The van der Waals surface area contributed by atoms with Crippen LogP contribution >= 0.6 is 0 Å². The van der Waals surface area contributed by atoms with Gasteiger partial charge >= 0.3 is 0 Å². The molecular formula is C5H9N3. The van der Waals surface area contributed by atoms with Crippen LogP contribution in [0.15, 0.2) is 22.8 Å². The Hall–Kier alpha value is -1.12. The minimum Gasteiger partial charge on any atom is -0.383 e. The molecule has 0 amide bonds. The Kier molecular flexibility index (Phi) is 3.48. The Morgan fingerprint density at radius 2 is 2.38 bits per heavy atom. The van der Waals surface area contributed by atoms with E-state index < -0.39 is 0 Å². The maximum Gasteiger partial charge on any atom is 0.136 e. The average molecular weight is 111 g/mol. The monoisotopic (exact) mass is 111 g/mol. The Morgan fingerprint density at radius 1 is 1.75 bits per heavy atom. The second-order valence-corrected chi connectivity index (χ2v) is 1.11. The predicted octanol–water partition coefficient (Wildman–Crippen LogP) is 0.188. The summed E-state index contributed by atoms with van der Waals surface area (Å²) in [6.45, 7) is 3.36. The van der Waals surface area contributed by atoms with Crippen LogP contribution in [0.3, 0.4) is 0 Å². The van der Waals surface area contributed by atoms with Gasteiger partial charge in [0.25, 0.3) is 0 Å². The highest BCUT2D eigenvalue weighted by atomic mass is 14.8. The average Bonchev–Trinajstić information content (AvgIpc) is 1.83. The van der Waals surface area contributed by atoms with Crippen LogP contribution in [0.1, 0.15) is 0 Å². The molecule has 0 bridgehead atoms. The summed E-state index contributed by atoms with van der Waals surface area (Å²) in [5, 5.41) is 0. The quantitative estimate of drug-likeness (QED) is 0.401. The minimum atomic E-state index is 0.407. The summed E-state index contributed by atoms with van der Waals surface area (Å²) in [6, 6.07) is 0. The molecule has 0 aliphatic heterocycles. The highest BCUT2D eigenvalue weighted by Crippen LogP contribution is 1.63. The minimum absolute atomic E-state index is 0.407. The molecular weight excluding hydrogens is 102 g/mol. The van der Waals surface area contributed by atoms with Crippen molar-refractivity contribution in [2.75, 3.05) is 7.05 Å². The molecule has 0 aliphatic rings. The van der Waals surface area contributed by atoms with E-state index in [-0.39, 0.29) is 0 Å². The molecule has 0 unspecified atom stereocenters. The number of rotatable bonds is 2. The Balaban J connectivity index is 3.69. The van der Waals surface area contributed by atoms with Crippen molar-refractivity contribution in [3.05, 3.63) is 12.8 Å². The molecule has 8 heavy (non-hydrogen) atoms. The lowest BCUT2D eigenvalue weighted by atomic mass is 10.7. The molecule has 0 saturated carbocycles. The van der Waals surface area contributed by atoms with Crippen LogP contribution in [0, 0.1) is 0 Å². The molecule has 0 aromatic heterocycles. The van der Waals surface area contributed by atoms with Crippen molar-refractivity contribution in [2.24, 2.45) is 15.7 Å². The Morgan fingerprint density at radius 3 is 2.75 bits per heavy atom. The highest BCUT2D eigenvalue weighted by molar-refractivity contribution is 6.28. The van der Waals surface area contributed by atoms with Crippen LogP contribution in [0.4, 0.5) is 0 Å². The maximum atomic E-state index is 5.21. The predicted molar refractivity (Wildman–Crippen MR) is 36.2 cm³/mol. The molecule has 0 fully saturated rings. The summed E-state index contributed by atoms with van der Waals surface area (Å²) in [5.41, 5.74) is 5.21. The van der Waals surface area contributed by atoms with Crippen molar-refractivity contribution in [3.8, 4) is 0 Å². The van der Waals surface area contributed by atoms with Crippen LogP contribution in [-0.2, 0) is 0 Å². The zero-order valence-electron chi connectivity index (χ0n) is 4.83. The number of nitrogens with zero attached hydrogens (tertiary/aromatic N) is 2. The SMILES string of the molecule is C=C/N=C\C(N)=N/C. The fourth-order valence-electron chi connectivity index (χ4n) is 0.187. The molecule has 3 nitrogen and oxygen atoms in total. The molecule has 44 valence electrons. The lowest BCUT2D eigenvalue weighted by molar-refractivity contribution is 1.42. The molecule has 0 spiro atoms. The van der Waals surface area contributed by atoms with Gasteiger partial charge in [-0.25, -0.2) is 0 Å². The van der Waals surface area contributed by atoms with Crippen LogP contribution in [-0.4, -0.2) is 19.1 Å². The summed E-state index contributed by atoms with van der Waals surface area (Å²) in [4.78, 5) is 7.25. The lowest BCUT2D eigenvalue weighted by Crippen LogP contribution is -2.11. The van der Waals surface area contributed by atoms with Gasteiger partial charge in [0.2, 0.25) is 0 Å². The number of amidine groups is 1. The first-order valence-corrected chi connectivity index (χ1v) is 2.17. The smallest absolute Gasteiger partial charge is 0.136 e. The molecule has 2 N–H and O–H groups in total. The van der Waals surface area contributed by atoms with Gasteiger partial charge in [-0.15, -0.1) is 0 Å². The molecule has 0 heterocycles. The van der Waals surface area contributed by atoms with Crippen LogP contribution < -0.4 is 5.73 Å². The molecule has 0 aliphatic carbocycles. The van der Waals surface area contributed by atoms with Crippen molar-refractivity contribution < 1.29 is 0 Å². The summed E-state index contributed by atoms with van der Waals surface area (Å²) in [7, 11) is 1.60. The van der Waals surface area contributed by atoms with Crippen molar-refractivity contribution in [3.63, 3.8) is 0 Å². The first-order valence-electron chi connectivity index (χ1n) is 2.17. The van der Waals surface area contributed by atoms with E-state index in [1.807, 2.05) is 0 Å². The fourth-order valence-corrected chi connectivity index (χ4v) is 0.187. The van der Waals surface area contributed by atoms with Crippen LogP contribution in [0.5, 0.6) is 0 Å². The lowest BCUT2D eigenvalue weighted by Gasteiger charge is -1.81. The first kappa shape index (κ1) is 6.88. The summed E-state index contributed by atoms with van der Waals surface area (Å²) in [5.74, 6) is 0.407. The topological polar surface area (TPSA) is 50.7 Å². The van der Waals surface area contributed by atoms with Crippen molar-refractivity contribution >= 4 is 12.1 Å². The van der Waals surface area contributed by atoms with Gasteiger partial charge in [-0.2, -0.15) is 0 Å². The molecule has 0 atom stereocenters. The van der Waals surface area contributed by atoms with E-state index in [1.165, 1.54) is 12.4 Å². The second-order valence-electron chi connectivity index (χ2n) is 1.11. The summed E-state index contributed by atoms with van der Waals surface area (Å²) < 4.78 is 0. The highest BCUT2D eigenvalue weighted by Gasteiger charge is 1.74. The third-order valence-electron chi connectivity index (χ3n) is 0.570. The van der Waals surface area contributed by atoms with Gasteiger partial charge in [-0.05, 0) is 0 Å². The normalized spacial score (nSPS) is 12.4. The van der Waals surface area contributed by atoms with E-state index in [4.69, 9.17) is 5.73 Å². The molecule has 0 aromatic rings. The summed E-state index contributed by atoms with van der Waals surface area (Å²) in [6.07, 6.45) is 2.84. The van der Waals surface area contributed by atoms with Gasteiger partial charge in [0.1, 0.15) is 5.84 Å². The zero-order chi connectivity index (χ0) is 6.41. The maximum absolute atomic E-state index is 5.21. The van der Waals surface area contributed by atoms with E-state index in [9.17, 15) is 0 Å². The largest absolute Gasteiger partial charge is 0.383 e. The van der Waals surface area contributed by atoms with Crippen LogP contribution in [0.25, 0.3) is 0 Å². The van der Waals surface area contributed by atoms with E-state index in [1.54, 1.807) is 7.05 Å². The van der Waals surface area contributed by atoms with Gasteiger partial charge in [-0.1, -0.05) is 6.58 Å². The standard InChI is InChI=1S/C5H9N3/c1-3-8-4-5(6)7-2/h3-4H,1H2,2H3,(H2,6,7)/b8-4-. The van der Waals surface area contributed by atoms with E-state index in [2.05, 4.69) is 16.6 Å². The molecule has 0 saturated heterocycles. The zero-order valence-corrected chi connectivity index (χ0v) is 4.83.